The number of hydrogen-bond donors (Lipinski definition) is 0. The van der Waals surface area contributed by atoms with Gasteiger partial charge >= 0.3 is 0 Å². The van der Waals surface area contributed by atoms with Gasteiger partial charge in [0, 0.05) is 24.8 Å². The number of benzene rings is 2. The Labute approximate surface area is 140 Å². The molecule has 1 aliphatic heterocycles. The van der Waals surface area contributed by atoms with Crippen molar-refractivity contribution in [2.24, 2.45) is 0 Å². The van der Waals surface area contributed by atoms with Gasteiger partial charge in [-0.15, -0.1) is 0 Å². The molecule has 0 aromatic heterocycles. The van der Waals surface area contributed by atoms with Crippen molar-refractivity contribution in [3.05, 3.63) is 59.4 Å². The molecule has 2 aromatic carbocycles. The number of rotatable bonds is 3. The lowest BCUT2D eigenvalue weighted by atomic mass is 10.1. The highest BCUT2D eigenvalue weighted by atomic mass is 32.2. The van der Waals surface area contributed by atoms with Gasteiger partial charge in [0.05, 0.1) is 11.9 Å². The first-order valence-electron chi connectivity index (χ1n) is 7.41. The molecule has 2 aromatic rings. The molecule has 0 saturated carbocycles. The Kier molecular flexibility index (Phi) is 4.04. The Morgan fingerprint density at radius 3 is 2.46 bits per heavy atom. The third-order valence-electron chi connectivity index (χ3n) is 4.10. The Balaban J connectivity index is 1.88. The van der Waals surface area contributed by atoms with Gasteiger partial charge in [0.25, 0.3) is 5.91 Å². The Morgan fingerprint density at radius 2 is 1.83 bits per heavy atom. The standard InChI is InChI=1S/C17H17FN2O3S/c1-19(15-6-4-14(18)5-7-15)17(21)13-3-8-16-12(11-13)9-10-20(16)24(2,22)23/h3-8,11H,9-10H2,1-2H3. The van der Waals surface area contributed by atoms with Gasteiger partial charge in [0.2, 0.25) is 10.0 Å². The largest absolute Gasteiger partial charge is 0.311 e. The van der Waals surface area contributed by atoms with Gasteiger partial charge in [0.15, 0.2) is 0 Å². The van der Waals surface area contributed by atoms with Gasteiger partial charge < -0.3 is 4.90 Å². The topological polar surface area (TPSA) is 57.7 Å². The van der Waals surface area contributed by atoms with E-state index in [9.17, 15) is 17.6 Å². The predicted molar refractivity (Wildman–Crippen MR) is 91.5 cm³/mol. The molecule has 0 unspecified atom stereocenters. The number of hydrogen-bond acceptors (Lipinski definition) is 3. The van der Waals surface area contributed by atoms with Crippen LogP contribution in [-0.2, 0) is 16.4 Å². The molecular formula is C17H17FN2O3S. The van der Waals surface area contributed by atoms with Crippen LogP contribution in [0.5, 0.6) is 0 Å². The summed E-state index contributed by atoms with van der Waals surface area (Å²) in [6.07, 6.45) is 1.74. The zero-order chi connectivity index (χ0) is 17.5. The van der Waals surface area contributed by atoms with Crippen LogP contribution in [0.3, 0.4) is 0 Å². The zero-order valence-electron chi connectivity index (χ0n) is 13.4. The maximum Gasteiger partial charge on any atom is 0.258 e. The molecule has 1 amide bonds. The number of anilines is 2. The molecule has 0 radical (unpaired) electrons. The fraction of sp³-hybridized carbons (Fsp3) is 0.235. The Bertz CT molecular complexity index is 895. The fourth-order valence-corrected chi connectivity index (χ4v) is 3.78. The molecule has 0 N–H and O–H groups in total. The van der Waals surface area contributed by atoms with Crippen LogP contribution in [0.2, 0.25) is 0 Å². The van der Waals surface area contributed by atoms with E-state index in [0.717, 1.165) is 5.56 Å². The Morgan fingerprint density at radius 1 is 1.17 bits per heavy atom. The molecule has 0 spiro atoms. The summed E-state index contributed by atoms with van der Waals surface area (Å²) < 4.78 is 37.9. The average Bonchev–Trinajstić information content (AvgIpc) is 2.97. The maximum atomic E-state index is 13.0. The highest BCUT2D eigenvalue weighted by Gasteiger charge is 2.27. The molecule has 1 aliphatic rings. The summed E-state index contributed by atoms with van der Waals surface area (Å²) in [5, 5.41) is 0. The molecule has 0 saturated heterocycles. The first-order valence-corrected chi connectivity index (χ1v) is 9.26. The van der Waals surface area contributed by atoms with Crippen LogP contribution < -0.4 is 9.21 Å². The van der Waals surface area contributed by atoms with Crippen molar-refractivity contribution < 1.29 is 17.6 Å². The highest BCUT2D eigenvalue weighted by molar-refractivity contribution is 7.92. The van der Waals surface area contributed by atoms with Crippen LogP contribution in [0.15, 0.2) is 42.5 Å². The maximum absolute atomic E-state index is 13.0. The van der Waals surface area contributed by atoms with E-state index in [1.165, 1.54) is 39.7 Å². The SMILES string of the molecule is CN(C(=O)c1ccc2c(c1)CCN2S(C)(=O)=O)c1ccc(F)cc1. The molecule has 7 heteroatoms. The van der Waals surface area contributed by atoms with Gasteiger partial charge in [-0.2, -0.15) is 0 Å². The van der Waals surface area contributed by atoms with E-state index in [0.29, 0.717) is 29.9 Å². The second kappa shape index (κ2) is 5.90. The van der Waals surface area contributed by atoms with E-state index in [1.54, 1.807) is 25.2 Å². The van der Waals surface area contributed by atoms with Crippen molar-refractivity contribution in [1.82, 2.24) is 0 Å². The summed E-state index contributed by atoms with van der Waals surface area (Å²) in [4.78, 5) is 14.0. The summed E-state index contributed by atoms with van der Waals surface area (Å²) in [7, 11) is -1.69. The van der Waals surface area contributed by atoms with E-state index in [1.807, 2.05) is 0 Å². The monoisotopic (exact) mass is 348 g/mol. The number of carbonyl (C=O) groups excluding carboxylic acids is 1. The number of sulfonamides is 1. The van der Waals surface area contributed by atoms with Gasteiger partial charge in [-0.25, -0.2) is 12.8 Å². The summed E-state index contributed by atoms with van der Waals surface area (Å²) in [5.41, 5.74) is 2.51. The lowest BCUT2D eigenvalue weighted by Crippen LogP contribution is -2.28. The first kappa shape index (κ1) is 16.4. The smallest absolute Gasteiger partial charge is 0.258 e. The lowest BCUT2D eigenvalue weighted by molar-refractivity contribution is 0.0993. The van der Waals surface area contributed by atoms with Crippen LogP contribution in [0.25, 0.3) is 0 Å². The van der Waals surface area contributed by atoms with Gasteiger partial charge in [0.1, 0.15) is 5.82 Å². The zero-order valence-corrected chi connectivity index (χ0v) is 14.2. The van der Waals surface area contributed by atoms with Crippen molar-refractivity contribution >= 4 is 27.3 Å². The second-order valence-electron chi connectivity index (χ2n) is 5.77. The fourth-order valence-electron chi connectivity index (χ4n) is 2.82. The molecule has 0 aliphatic carbocycles. The predicted octanol–water partition coefficient (Wildman–Crippen LogP) is 2.42. The minimum Gasteiger partial charge on any atom is -0.311 e. The summed E-state index contributed by atoms with van der Waals surface area (Å²) in [5.74, 6) is -0.597. The number of fused-ring (bicyclic) bond motifs is 1. The molecule has 126 valence electrons. The van der Waals surface area contributed by atoms with Gasteiger partial charge in [-0.1, -0.05) is 0 Å². The summed E-state index contributed by atoms with van der Waals surface area (Å²) in [6, 6.07) is 10.7. The average molecular weight is 348 g/mol. The number of carbonyl (C=O) groups is 1. The van der Waals surface area contributed by atoms with Crippen molar-refractivity contribution in [3.63, 3.8) is 0 Å². The molecule has 0 atom stereocenters. The second-order valence-corrected chi connectivity index (χ2v) is 7.68. The number of halogens is 1. The van der Waals surface area contributed by atoms with Crippen LogP contribution in [-0.4, -0.2) is 34.2 Å². The number of nitrogens with zero attached hydrogens (tertiary/aromatic N) is 2. The van der Waals surface area contributed by atoms with Crippen LogP contribution >= 0.6 is 0 Å². The normalized spacial score (nSPS) is 13.7. The first-order chi connectivity index (χ1) is 11.3. The van der Waals surface area contributed by atoms with Crippen LogP contribution in [0, 0.1) is 5.82 Å². The van der Waals surface area contributed by atoms with Gasteiger partial charge in [-0.3, -0.25) is 9.10 Å². The van der Waals surface area contributed by atoms with E-state index in [-0.39, 0.29) is 11.7 Å². The third-order valence-corrected chi connectivity index (χ3v) is 5.28. The van der Waals surface area contributed by atoms with Crippen LogP contribution in [0.1, 0.15) is 15.9 Å². The summed E-state index contributed by atoms with van der Waals surface area (Å²) >= 11 is 0. The van der Waals surface area contributed by atoms with Crippen molar-refractivity contribution in [2.75, 3.05) is 29.1 Å². The third kappa shape index (κ3) is 2.99. The van der Waals surface area contributed by atoms with Crippen molar-refractivity contribution in [1.29, 1.82) is 0 Å². The van der Waals surface area contributed by atoms with E-state index < -0.39 is 10.0 Å². The molecule has 3 rings (SSSR count). The Hall–Kier alpha value is -2.41. The minimum absolute atomic E-state index is 0.234. The van der Waals surface area contributed by atoms with E-state index in [4.69, 9.17) is 0 Å². The van der Waals surface area contributed by atoms with E-state index >= 15 is 0 Å². The quantitative estimate of drug-likeness (QED) is 0.856. The molecular weight excluding hydrogens is 331 g/mol. The number of amides is 1. The molecule has 1 heterocycles. The molecule has 0 bridgehead atoms. The van der Waals surface area contributed by atoms with E-state index in [2.05, 4.69) is 0 Å². The molecule has 0 fully saturated rings. The minimum atomic E-state index is -3.31. The lowest BCUT2D eigenvalue weighted by Gasteiger charge is -2.19. The highest BCUT2D eigenvalue weighted by Crippen LogP contribution is 2.31. The van der Waals surface area contributed by atoms with Crippen molar-refractivity contribution in [3.8, 4) is 0 Å². The summed E-state index contributed by atoms with van der Waals surface area (Å²) in [6.45, 7) is 0.389. The van der Waals surface area contributed by atoms with Gasteiger partial charge in [-0.05, 0) is 54.4 Å². The molecule has 5 nitrogen and oxygen atoms in total. The molecule has 24 heavy (non-hydrogen) atoms. The van der Waals surface area contributed by atoms with Crippen LogP contribution in [0.4, 0.5) is 15.8 Å². The van der Waals surface area contributed by atoms with Crippen molar-refractivity contribution in [2.45, 2.75) is 6.42 Å².